The molecule has 0 aliphatic heterocycles. The molecule has 3 N–H and O–H groups in total. The predicted molar refractivity (Wildman–Crippen MR) is 74.1 cm³/mol. The predicted octanol–water partition coefficient (Wildman–Crippen LogP) is 0.308. The van der Waals surface area contributed by atoms with Crippen molar-refractivity contribution in [2.75, 3.05) is 12.3 Å². The van der Waals surface area contributed by atoms with Crippen LogP contribution in [0.2, 0.25) is 0 Å². The van der Waals surface area contributed by atoms with Crippen molar-refractivity contribution < 1.29 is 4.79 Å². The van der Waals surface area contributed by atoms with Gasteiger partial charge in [-0.05, 0) is 25.3 Å². The Morgan fingerprint density at radius 2 is 2.30 bits per heavy atom. The van der Waals surface area contributed by atoms with Gasteiger partial charge in [0, 0.05) is 25.4 Å². The smallest absolute Gasteiger partial charge is 0.272 e. The van der Waals surface area contributed by atoms with E-state index in [2.05, 4.69) is 20.4 Å². The number of hydrogen-bond donors (Lipinski definition) is 2. The molecule has 2 aromatic rings. The third-order valence-corrected chi connectivity index (χ3v) is 3.45. The Bertz CT molecular complexity index is 690. The standard InChI is InChI=1S/C13H16N6O/c1-3-15-12(20)10-8-5-4-7-6-16-13(14)17-9(7)11(8)19(2)18-10/h6H,3-5H2,1-2H3,(H,15,20)(H2,14,16,17). The van der Waals surface area contributed by atoms with E-state index in [1.165, 1.54) is 0 Å². The Kier molecular flexibility index (Phi) is 2.89. The molecule has 0 saturated carbocycles. The van der Waals surface area contributed by atoms with Gasteiger partial charge in [0.05, 0.1) is 11.4 Å². The summed E-state index contributed by atoms with van der Waals surface area (Å²) in [7, 11) is 1.81. The summed E-state index contributed by atoms with van der Waals surface area (Å²) in [6.07, 6.45) is 3.30. The van der Waals surface area contributed by atoms with Crippen LogP contribution < -0.4 is 11.1 Å². The van der Waals surface area contributed by atoms with Crippen molar-refractivity contribution in [2.45, 2.75) is 19.8 Å². The molecule has 0 spiro atoms. The lowest BCUT2D eigenvalue weighted by atomic mass is 9.93. The zero-order valence-electron chi connectivity index (χ0n) is 11.5. The number of nitrogens with one attached hydrogen (secondary N) is 1. The minimum Gasteiger partial charge on any atom is -0.368 e. The van der Waals surface area contributed by atoms with E-state index in [-0.39, 0.29) is 11.9 Å². The van der Waals surface area contributed by atoms with Crippen molar-refractivity contribution in [1.29, 1.82) is 0 Å². The fourth-order valence-corrected chi connectivity index (χ4v) is 2.60. The fraction of sp³-hybridized carbons (Fsp3) is 0.385. The van der Waals surface area contributed by atoms with Crippen LogP contribution in [-0.4, -0.2) is 32.2 Å². The van der Waals surface area contributed by atoms with E-state index in [0.717, 1.165) is 35.4 Å². The number of anilines is 1. The first kappa shape index (κ1) is 12.6. The van der Waals surface area contributed by atoms with Crippen LogP contribution in [-0.2, 0) is 19.9 Å². The maximum absolute atomic E-state index is 12.1. The summed E-state index contributed by atoms with van der Waals surface area (Å²) in [5, 5.41) is 7.13. The third-order valence-electron chi connectivity index (χ3n) is 3.45. The van der Waals surface area contributed by atoms with Crippen molar-refractivity contribution in [3.05, 3.63) is 23.0 Å². The van der Waals surface area contributed by atoms with Crippen LogP contribution in [0.5, 0.6) is 0 Å². The number of amides is 1. The number of nitrogen functional groups attached to an aromatic ring is 1. The molecule has 1 aliphatic carbocycles. The number of hydrogen-bond acceptors (Lipinski definition) is 5. The summed E-state index contributed by atoms with van der Waals surface area (Å²) in [4.78, 5) is 20.4. The van der Waals surface area contributed by atoms with Gasteiger partial charge in [0.25, 0.3) is 5.91 Å². The normalized spacial score (nSPS) is 12.7. The van der Waals surface area contributed by atoms with Gasteiger partial charge in [-0.3, -0.25) is 9.48 Å². The number of carbonyl (C=O) groups is 1. The molecule has 3 rings (SSSR count). The highest BCUT2D eigenvalue weighted by Crippen LogP contribution is 2.33. The number of nitrogens with zero attached hydrogens (tertiary/aromatic N) is 4. The first-order valence-electron chi connectivity index (χ1n) is 6.57. The molecular formula is C13H16N6O. The largest absolute Gasteiger partial charge is 0.368 e. The number of nitrogens with two attached hydrogens (primary N) is 1. The Morgan fingerprint density at radius 3 is 3.05 bits per heavy atom. The van der Waals surface area contributed by atoms with Crippen LogP contribution >= 0.6 is 0 Å². The van der Waals surface area contributed by atoms with Crippen molar-refractivity contribution >= 4 is 11.9 Å². The molecule has 1 amide bonds. The van der Waals surface area contributed by atoms with Gasteiger partial charge in [0.2, 0.25) is 5.95 Å². The quantitative estimate of drug-likeness (QED) is 0.819. The molecule has 0 unspecified atom stereocenters. The molecule has 2 heterocycles. The average Bonchev–Trinajstić information content (AvgIpc) is 2.77. The molecule has 0 radical (unpaired) electrons. The maximum Gasteiger partial charge on any atom is 0.272 e. The maximum atomic E-state index is 12.1. The Morgan fingerprint density at radius 1 is 1.50 bits per heavy atom. The van der Waals surface area contributed by atoms with Crippen molar-refractivity contribution in [1.82, 2.24) is 25.1 Å². The molecule has 20 heavy (non-hydrogen) atoms. The molecule has 0 fully saturated rings. The molecule has 0 bridgehead atoms. The molecule has 0 atom stereocenters. The van der Waals surface area contributed by atoms with Crippen LogP contribution in [0.15, 0.2) is 6.20 Å². The number of carbonyl (C=O) groups excluding carboxylic acids is 1. The highest BCUT2D eigenvalue weighted by molar-refractivity contribution is 5.95. The molecule has 1 aliphatic rings. The molecule has 0 saturated heterocycles. The van der Waals surface area contributed by atoms with E-state index >= 15 is 0 Å². The summed E-state index contributed by atoms with van der Waals surface area (Å²) >= 11 is 0. The van der Waals surface area contributed by atoms with E-state index in [0.29, 0.717) is 12.2 Å². The van der Waals surface area contributed by atoms with Crippen LogP contribution in [0, 0.1) is 0 Å². The van der Waals surface area contributed by atoms with Gasteiger partial charge in [-0.25, -0.2) is 9.97 Å². The highest BCUT2D eigenvalue weighted by atomic mass is 16.1. The van der Waals surface area contributed by atoms with Gasteiger partial charge in [-0.15, -0.1) is 0 Å². The second kappa shape index (κ2) is 4.59. The first-order valence-corrected chi connectivity index (χ1v) is 6.57. The lowest BCUT2D eigenvalue weighted by Crippen LogP contribution is -2.24. The summed E-state index contributed by atoms with van der Waals surface area (Å²) in [5.41, 5.74) is 9.77. The highest BCUT2D eigenvalue weighted by Gasteiger charge is 2.28. The van der Waals surface area contributed by atoms with Gasteiger partial charge in [-0.1, -0.05) is 0 Å². The van der Waals surface area contributed by atoms with E-state index in [1.807, 2.05) is 14.0 Å². The van der Waals surface area contributed by atoms with E-state index in [4.69, 9.17) is 5.73 Å². The molecule has 0 aromatic carbocycles. The van der Waals surface area contributed by atoms with E-state index in [9.17, 15) is 4.79 Å². The second-order valence-electron chi connectivity index (χ2n) is 4.76. The second-order valence-corrected chi connectivity index (χ2v) is 4.76. The summed E-state index contributed by atoms with van der Waals surface area (Å²) in [6.45, 7) is 2.46. The van der Waals surface area contributed by atoms with Gasteiger partial charge >= 0.3 is 0 Å². The molecule has 2 aromatic heterocycles. The number of aromatic nitrogens is 4. The summed E-state index contributed by atoms with van der Waals surface area (Å²) in [6, 6.07) is 0. The molecular weight excluding hydrogens is 256 g/mol. The summed E-state index contributed by atoms with van der Waals surface area (Å²) in [5.74, 6) is 0.0900. The third kappa shape index (κ3) is 1.82. The van der Waals surface area contributed by atoms with E-state index < -0.39 is 0 Å². The Hall–Kier alpha value is -2.44. The summed E-state index contributed by atoms with van der Waals surface area (Å²) < 4.78 is 1.70. The van der Waals surface area contributed by atoms with Gasteiger partial charge < -0.3 is 11.1 Å². The molecule has 104 valence electrons. The monoisotopic (exact) mass is 272 g/mol. The zero-order chi connectivity index (χ0) is 14.3. The Labute approximate surface area is 116 Å². The minimum absolute atomic E-state index is 0.144. The topological polar surface area (TPSA) is 98.7 Å². The van der Waals surface area contributed by atoms with Crippen LogP contribution in [0.3, 0.4) is 0 Å². The Balaban J connectivity index is 2.16. The van der Waals surface area contributed by atoms with Crippen LogP contribution in [0.25, 0.3) is 11.4 Å². The lowest BCUT2D eigenvalue weighted by Gasteiger charge is -2.16. The van der Waals surface area contributed by atoms with Gasteiger partial charge in [0.15, 0.2) is 5.69 Å². The first-order chi connectivity index (χ1) is 9.61. The average molecular weight is 272 g/mol. The number of aryl methyl sites for hydroxylation is 2. The molecule has 7 nitrogen and oxygen atoms in total. The van der Waals surface area contributed by atoms with E-state index in [1.54, 1.807) is 10.9 Å². The van der Waals surface area contributed by atoms with Crippen molar-refractivity contribution in [2.24, 2.45) is 7.05 Å². The van der Waals surface area contributed by atoms with Crippen LogP contribution in [0.1, 0.15) is 28.5 Å². The minimum atomic E-state index is -0.144. The number of fused-ring (bicyclic) bond motifs is 3. The van der Waals surface area contributed by atoms with Crippen molar-refractivity contribution in [3.8, 4) is 11.4 Å². The molecule has 7 heteroatoms. The van der Waals surface area contributed by atoms with Crippen molar-refractivity contribution in [3.63, 3.8) is 0 Å². The number of rotatable bonds is 2. The van der Waals surface area contributed by atoms with Gasteiger partial charge in [-0.2, -0.15) is 5.10 Å². The van der Waals surface area contributed by atoms with Crippen LogP contribution in [0.4, 0.5) is 5.95 Å². The van der Waals surface area contributed by atoms with Gasteiger partial charge in [0.1, 0.15) is 0 Å². The lowest BCUT2D eigenvalue weighted by molar-refractivity contribution is 0.0949. The zero-order valence-corrected chi connectivity index (χ0v) is 11.5. The fourth-order valence-electron chi connectivity index (χ4n) is 2.60. The SMILES string of the molecule is CCNC(=O)c1nn(C)c2c1CCc1cnc(N)nc1-2.